The van der Waals surface area contributed by atoms with E-state index in [1.807, 2.05) is 25.1 Å². The van der Waals surface area contributed by atoms with Crippen molar-refractivity contribution < 1.29 is 9.53 Å². The van der Waals surface area contributed by atoms with E-state index < -0.39 is 0 Å². The molecular weight excluding hydrogens is 266 g/mol. The van der Waals surface area contributed by atoms with Crippen LogP contribution in [0.4, 0.5) is 0 Å². The lowest BCUT2D eigenvalue weighted by molar-refractivity contribution is 0.0637. The summed E-state index contributed by atoms with van der Waals surface area (Å²) in [5, 5.41) is 0.872. The number of nitrogens with zero attached hydrogens (tertiary/aromatic N) is 3. The first-order valence-corrected chi connectivity index (χ1v) is 7.10. The molecule has 1 aromatic heterocycles. The highest BCUT2D eigenvalue weighted by Crippen LogP contribution is 2.33. The zero-order chi connectivity index (χ0) is 14.4. The molecule has 0 unspecified atom stereocenters. The molecule has 0 spiro atoms. The van der Waals surface area contributed by atoms with E-state index in [1.54, 1.807) is 6.08 Å². The molecular formula is C16H15N3O2. The zero-order valence-corrected chi connectivity index (χ0v) is 11.8. The molecule has 0 saturated carbocycles. The van der Waals surface area contributed by atoms with Gasteiger partial charge < -0.3 is 9.64 Å². The third-order valence-corrected chi connectivity index (χ3v) is 3.96. The normalized spacial score (nSPS) is 18.0. The van der Waals surface area contributed by atoms with Crippen LogP contribution in [0.25, 0.3) is 16.6 Å². The Morgan fingerprint density at radius 3 is 2.81 bits per heavy atom. The van der Waals surface area contributed by atoms with Crippen LogP contribution < -0.4 is 0 Å². The van der Waals surface area contributed by atoms with Gasteiger partial charge in [0.25, 0.3) is 0 Å². The lowest BCUT2D eigenvalue weighted by atomic mass is 9.95. The number of carbonyl (C=O) groups is 1. The van der Waals surface area contributed by atoms with Crippen LogP contribution in [0.2, 0.25) is 0 Å². The Morgan fingerprint density at radius 1 is 1.19 bits per heavy atom. The third-order valence-electron chi connectivity index (χ3n) is 3.96. The van der Waals surface area contributed by atoms with Gasteiger partial charge in [-0.3, -0.25) is 4.79 Å². The van der Waals surface area contributed by atoms with Crippen LogP contribution in [-0.2, 0) is 4.74 Å². The minimum atomic E-state index is -0.0364. The predicted octanol–water partition coefficient (Wildman–Crippen LogP) is 1.81. The average Bonchev–Trinajstić information content (AvgIpc) is 2.51. The van der Waals surface area contributed by atoms with Crippen molar-refractivity contribution in [3.05, 3.63) is 41.4 Å². The van der Waals surface area contributed by atoms with E-state index in [4.69, 9.17) is 4.74 Å². The summed E-state index contributed by atoms with van der Waals surface area (Å²) >= 11 is 0. The van der Waals surface area contributed by atoms with E-state index in [-0.39, 0.29) is 5.78 Å². The minimum Gasteiger partial charge on any atom is -0.378 e. The van der Waals surface area contributed by atoms with Crippen molar-refractivity contribution in [3.63, 3.8) is 0 Å². The molecule has 5 nitrogen and oxygen atoms in total. The van der Waals surface area contributed by atoms with Gasteiger partial charge in [-0.25, -0.2) is 9.97 Å². The molecule has 2 aromatic rings. The Bertz CT molecular complexity index is 776. The molecule has 2 heterocycles. The number of ether oxygens (including phenoxy) is 1. The summed E-state index contributed by atoms with van der Waals surface area (Å²) < 4.78 is 5.40. The molecule has 1 fully saturated rings. The molecule has 4 rings (SSSR count). The van der Waals surface area contributed by atoms with E-state index in [0.29, 0.717) is 24.7 Å². The van der Waals surface area contributed by atoms with Gasteiger partial charge in [0.1, 0.15) is 11.5 Å². The molecule has 5 heteroatoms. The van der Waals surface area contributed by atoms with Crippen molar-refractivity contribution in [3.8, 4) is 0 Å². The van der Waals surface area contributed by atoms with Crippen molar-refractivity contribution in [1.82, 2.24) is 14.9 Å². The number of aryl methyl sites for hydroxylation is 1. The highest BCUT2D eigenvalue weighted by molar-refractivity contribution is 6.19. The van der Waals surface area contributed by atoms with Gasteiger partial charge in [-0.15, -0.1) is 0 Å². The first kappa shape index (κ1) is 12.5. The van der Waals surface area contributed by atoms with Crippen molar-refractivity contribution in [1.29, 1.82) is 0 Å². The van der Waals surface area contributed by atoms with Gasteiger partial charge in [0, 0.05) is 35.8 Å². The Balaban J connectivity index is 1.94. The molecule has 0 atom stereocenters. The topological polar surface area (TPSA) is 55.3 Å². The molecule has 0 amide bonds. The number of benzene rings is 1. The fourth-order valence-corrected chi connectivity index (χ4v) is 3.03. The maximum atomic E-state index is 12.5. The van der Waals surface area contributed by atoms with Crippen molar-refractivity contribution in [2.45, 2.75) is 6.92 Å². The lowest BCUT2D eigenvalue weighted by Gasteiger charge is -2.32. The predicted molar refractivity (Wildman–Crippen MR) is 79.0 cm³/mol. The summed E-state index contributed by atoms with van der Waals surface area (Å²) in [6, 6.07) is 5.96. The highest BCUT2D eigenvalue weighted by Gasteiger charge is 2.26. The summed E-state index contributed by atoms with van der Waals surface area (Å²) in [6.07, 6.45) is 1.70. The maximum absolute atomic E-state index is 12.5. The summed E-state index contributed by atoms with van der Waals surface area (Å²) in [6.45, 7) is 4.81. The second kappa shape index (κ2) is 4.63. The van der Waals surface area contributed by atoms with Gasteiger partial charge >= 0.3 is 0 Å². The van der Waals surface area contributed by atoms with Crippen LogP contribution in [-0.4, -0.2) is 47.0 Å². The molecule has 1 aliphatic carbocycles. The SMILES string of the molecule is Cc1nc2c3c(cccc3n1)C(N1CCOCC1)=CC2=O. The summed E-state index contributed by atoms with van der Waals surface area (Å²) in [4.78, 5) is 23.5. The Morgan fingerprint density at radius 2 is 2.00 bits per heavy atom. The number of aromatic nitrogens is 2. The summed E-state index contributed by atoms with van der Waals surface area (Å²) in [5.74, 6) is 0.594. The number of hydrogen-bond donors (Lipinski definition) is 0. The van der Waals surface area contributed by atoms with Gasteiger partial charge in [0.15, 0.2) is 0 Å². The molecule has 1 aliphatic heterocycles. The van der Waals surface area contributed by atoms with Crippen LogP contribution in [0.15, 0.2) is 24.3 Å². The lowest BCUT2D eigenvalue weighted by Crippen LogP contribution is -2.36. The highest BCUT2D eigenvalue weighted by atomic mass is 16.5. The second-order valence-electron chi connectivity index (χ2n) is 5.31. The van der Waals surface area contributed by atoms with E-state index in [9.17, 15) is 4.79 Å². The molecule has 2 aliphatic rings. The quantitative estimate of drug-likeness (QED) is 0.798. The first-order chi connectivity index (χ1) is 10.2. The first-order valence-electron chi connectivity index (χ1n) is 7.10. The van der Waals surface area contributed by atoms with Gasteiger partial charge in [0.05, 0.1) is 18.7 Å². The Kier molecular flexibility index (Phi) is 2.75. The monoisotopic (exact) mass is 281 g/mol. The standard InChI is InChI=1S/C16H15N3O2/c1-10-17-12-4-2-3-11-13(19-5-7-21-8-6-19)9-14(20)16(18-10)15(11)12/h2-4,9H,5-8H2,1H3. The fourth-order valence-electron chi connectivity index (χ4n) is 3.03. The second-order valence-corrected chi connectivity index (χ2v) is 5.31. The smallest absolute Gasteiger partial charge is 0.207 e. The molecule has 1 saturated heterocycles. The van der Waals surface area contributed by atoms with Gasteiger partial charge in [-0.2, -0.15) is 0 Å². The van der Waals surface area contributed by atoms with Crippen molar-refractivity contribution in [2.75, 3.05) is 26.3 Å². The molecule has 21 heavy (non-hydrogen) atoms. The third kappa shape index (κ3) is 1.93. The van der Waals surface area contributed by atoms with Crippen molar-refractivity contribution in [2.24, 2.45) is 0 Å². The fraction of sp³-hybridized carbons (Fsp3) is 0.312. The molecule has 0 bridgehead atoms. The largest absolute Gasteiger partial charge is 0.378 e. The van der Waals surface area contributed by atoms with Gasteiger partial charge in [-0.05, 0) is 13.0 Å². The number of allylic oxidation sites excluding steroid dienone is 1. The van der Waals surface area contributed by atoms with Crippen LogP contribution >= 0.6 is 0 Å². The molecule has 1 aromatic carbocycles. The number of ketones is 1. The zero-order valence-electron chi connectivity index (χ0n) is 11.8. The molecule has 0 radical (unpaired) electrons. The van der Waals surface area contributed by atoms with E-state index in [1.165, 1.54) is 0 Å². The number of morpholine rings is 1. The number of rotatable bonds is 1. The van der Waals surface area contributed by atoms with Gasteiger partial charge in [-0.1, -0.05) is 12.1 Å². The van der Waals surface area contributed by atoms with Crippen molar-refractivity contribution >= 4 is 22.4 Å². The van der Waals surface area contributed by atoms with E-state index in [0.717, 1.165) is 35.3 Å². The van der Waals surface area contributed by atoms with Crippen LogP contribution in [0, 0.1) is 6.92 Å². The minimum absolute atomic E-state index is 0.0364. The maximum Gasteiger partial charge on any atom is 0.207 e. The number of hydrogen-bond acceptors (Lipinski definition) is 5. The molecule has 0 N–H and O–H groups in total. The summed E-state index contributed by atoms with van der Waals surface area (Å²) in [7, 11) is 0. The number of carbonyl (C=O) groups excluding carboxylic acids is 1. The Labute approximate surface area is 122 Å². The van der Waals surface area contributed by atoms with Gasteiger partial charge in [0.2, 0.25) is 5.78 Å². The van der Waals surface area contributed by atoms with Crippen LogP contribution in [0.1, 0.15) is 21.9 Å². The van der Waals surface area contributed by atoms with Crippen LogP contribution in [0.3, 0.4) is 0 Å². The average molecular weight is 281 g/mol. The molecule has 106 valence electrons. The summed E-state index contributed by atoms with van der Waals surface area (Å²) in [5.41, 5.74) is 3.37. The van der Waals surface area contributed by atoms with Crippen LogP contribution in [0.5, 0.6) is 0 Å². The van der Waals surface area contributed by atoms with E-state index in [2.05, 4.69) is 14.9 Å². The Hall–Kier alpha value is -2.27. The van der Waals surface area contributed by atoms with E-state index >= 15 is 0 Å².